The molecule has 0 radical (unpaired) electrons. The predicted molar refractivity (Wildman–Crippen MR) is 105 cm³/mol. The molecule has 2 aliphatic heterocycles. The van der Waals surface area contributed by atoms with Crippen molar-refractivity contribution in [1.82, 2.24) is 9.78 Å². The molecule has 6 nitrogen and oxygen atoms in total. The molecule has 1 fully saturated rings. The van der Waals surface area contributed by atoms with E-state index >= 15 is 0 Å². The number of aryl methyl sites for hydroxylation is 1. The monoisotopic (exact) mass is 389 g/mol. The van der Waals surface area contributed by atoms with Crippen molar-refractivity contribution in [1.29, 1.82) is 0 Å². The third kappa shape index (κ3) is 3.27. The molecule has 27 heavy (non-hydrogen) atoms. The highest BCUT2D eigenvalue weighted by atomic mass is 32.2. The number of rotatable bonds is 4. The SMILES string of the molecule is Cc1nn(C[NH+]2CCC(C)CC2)c(C)c1S(=O)(=O)N1CCc2ccccc21. The number of aromatic nitrogens is 2. The average Bonchev–Trinajstić information content (AvgIpc) is 3.19. The Bertz CT molecular complexity index is 943. The largest absolute Gasteiger partial charge is 0.316 e. The van der Waals surface area contributed by atoms with E-state index in [1.165, 1.54) is 17.7 Å². The van der Waals surface area contributed by atoms with Gasteiger partial charge in [0.2, 0.25) is 0 Å². The Balaban J connectivity index is 1.63. The van der Waals surface area contributed by atoms with Crippen LogP contribution in [0.1, 0.15) is 36.7 Å². The molecule has 3 heterocycles. The first-order valence-corrected chi connectivity index (χ1v) is 11.3. The zero-order valence-corrected chi connectivity index (χ0v) is 17.2. The number of fused-ring (bicyclic) bond motifs is 1. The Morgan fingerprint density at radius 1 is 1.19 bits per heavy atom. The Hall–Kier alpha value is -1.86. The third-order valence-corrected chi connectivity index (χ3v) is 8.13. The van der Waals surface area contributed by atoms with Gasteiger partial charge >= 0.3 is 0 Å². The maximum Gasteiger partial charge on any atom is 0.268 e. The summed E-state index contributed by atoms with van der Waals surface area (Å²) in [7, 11) is -3.60. The normalized spacial score (nSPS) is 22.9. The van der Waals surface area contributed by atoms with Gasteiger partial charge in [-0.15, -0.1) is 0 Å². The Morgan fingerprint density at radius 3 is 2.63 bits per heavy atom. The summed E-state index contributed by atoms with van der Waals surface area (Å²) in [5.41, 5.74) is 3.25. The number of para-hydroxylation sites is 1. The number of quaternary nitrogens is 1. The van der Waals surface area contributed by atoms with Gasteiger partial charge in [0.1, 0.15) is 4.90 Å². The topological polar surface area (TPSA) is 59.6 Å². The number of piperidine rings is 1. The molecule has 7 heteroatoms. The number of nitrogens with one attached hydrogen (secondary N) is 1. The fraction of sp³-hybridized carbons (Fsp3) is 0.550. The van der Waals surface area contributed by atoms with E-state index in [-0.39, 0.29) is 0 Å². The lowest BCUT2D eigenvalue weighted by Crippen LogP contribution is -3.12. The molecule has 0 spiro atoms. The predicted octanol–water partition coefficient (Wildman–Crippen LogP) is 1.52. The molecule has 1 N–H and O–H groups in total. The molecule has 0 atom stereocenters. The minimum Gasteiger partial charge on any atom is -0.316 e. The van der Waals surface area contributed by atoms with Crippen LogP contribution in [-0.4, -0.2) is 37.8 Å². The number of likely N-dealkylation sites (tertiary alicyclic amines) is 1. The molecule has 0 saturated carbocycles. The molecule has 4 rings (SSSR count). The van der Waals surface area contributed by atoms with E-state index in [0.717, 1.165) is 49.0 Å². The first kappa shape index (κ1) is 18.5. The van der Waals surface area contributed by atoms with E-state index in [1.807, 2.05) is 42.8 Å². The average molecular weight is 390 g/mol. The zero-order chi connectivity index (χ0) is 19.2. The first-order chi connectivity index (χ1) is 12.9. The van der Waals surface area contributed by atoms with Gasteiger partial charge in [-0.05, 0) is 50.7 Å². The maximum absolute atomic E-state index is 13.5. The molecule has 1 aromatic heterocycles. The van der Waals surface area contributed by atoms with Crippen molar-refractivity contribution in [2.45, 2.75) is 51.6 Å². The van der Waals surface area contributed by atoms with Crippen LogP contribution in [0.25, 0.3) is 0 Å². The Kier molecular flexibility index (Phi) is 4.76. The molecule has 0 unspecified atom stereocenters. The van der Waals surface area contributed by atoms with Crippen LogP contribution >= 0.6 is 0 Å². The summed E-state index contributed by atoms with van der Waals surface area (Å²) in [4.78, 5) is 1.86. The van der Waals surface area contributed by atoms with Crippen LogP contribution in [0.4, 0.5) is 5.69 Å². The van der Waals surface area contributed by atoms with Gasteiger partial charge in [0.15, 0.2) is 6.67 Å². The highest BCUT2D eigenvalue weighted by Gasteiger charge is 2.35. The van der Waals surface area contributed by atoms with Crippen LogP contribution in [0, 0.1) is 19.8 Å². The first-order valence-electron chi connectivity index (χ1n) is 9.86. The number of anilines is 1. The second-order valence-corrected chi connectivity index (χ2v) is 9.85. The summed E-state index contributed by atoms with van der Waals surface area (Å²) >= 11 is 0. The lowest BCUT2D eigenvalue weighted by atomic mass is 10.00. The second kappa shape index (κ2) is 6.95. The van der Waals surface area contributed by atoms with Gasteiger partial charge in [-0.1, -0.05) is 25.1 Å². The molecular weight excluding hydrogens is 360 g/mol. The molecule has 2 aromatic rings. The summed E-state index contributed by atoms with van der Waals surface area (Å²) in [6.07, 6.45) is 3.21. The molecule has 2 aliphatic rings. The minimum absolute atomic E-state index is 0.379. The van der Waals surface area contributed by atoms with Gasteiger partial charge < -0.3 is 4.90 Å². The Morgan fingerprint density at radius 2 is 1.89 bits per heavy atom. The van der Waals surface area contributed by atoms with Crippen LogP contribution < -0.4 is 9.21 Å². The lowest BCUT2D eigenvalue weighted by Gasteiger charge is -2.27. The number of hydrogen-bond acceptors (Lipinski definition) is 3. The van der Waals surface area contributed by atoms with Crippen LogP contribution in [0.3, 0.4) is 0 Å². The quantitative estimate of drug-likeness (QED) is 0.863. The summed E-state index contributed by atoms with van der Waals surface area (Å²) in [5, 5.41) is 4.61. The fourth-order valence-electron chi connectivity index (χ4n) is 4.42. The summed E-state index contributed by atoms with van der Waals surface area (Å²) in [5.74, 6) is 0.792. The molecule has 0 aliphatic carbocycles. The van der Waals surface area contributed by atoms with Crippen molar-refractivity contribution >= 4 is 15.7 Å². The van der Waals surface area contributed by atoms with Gasteiger partial charge in [-0.2, -0.15) is 5.10 Å². The molecule has 0 amide bonds. The van der Waals surface area contributed by atoms with E-state index in [4.69, 9.17) is 0 Å². The zero-order valence-electron chi connectivity index (χ0n) is 16.4. The minimum atomic E-state index is -3.60. The second-order valence-electron chi connectivity index (χ2n) is 8.05. The number of sulfonamides is 1. The van der Waals surface area contributed by atoms with E-state index in [1.54, 1.807) is 4.31 Å². The van der Waals surface area contributed by atoms with Gasteiger partial charge in [-0.3, -0.25) is 4.31 Å². The van der Waals surface area contributed by atoms with Crippen molar-refractivity contribution in [3.8, 4) is 0 Å². The fourth-order valence-corrected chi connectivity index (χ4v) is 6.30. The van der Waals surface area contributed by atoms with Gasteiger partial charge in [0.25, 0.3) is 10.0 Å². The van der Waals surface area contributed by atoms with Crippen LogP contribution in [0.5, 0.6) is 0 Å². The van der Waals surface area contributed by atoms with Gasteiger partial charge in [0, 0.05) is 6.54 Å². The number of hydrogen-bond donors (Lipinski definition) is 1. The van der Waals surface area contributed by atoms with Crippen molar-refractivity contribution in [2.75, 3.05) is 23.9 Å². The molecule has 0 bridgehead atoms. The number of benzene rings is 1. The maximum atomic E-state index is 13.5. The molecule has 1 aromatic carbocycles. The third-order valence-electron chi connectivity index (χ3n) is 6.06. The highest BCUT2D eigenvalue weighted by Crippen LogP contribution is 2.34. The molecule has 146 valence electrons. The molecular formula is C20H29N4O2S+. The Labute approximate surface area is 161 Å². The summed E-state index contributed by atoms with van der Waals surface area (Å²) in [6.45, 7) is 9.50. The van der Waals surface area contributed by atoms with E-state index in [9.17, 15) is 8.42 Å². The van der Waals surface area contributed by atoms with Crippen molar-refractivity contribution in [2.24, 2.45) is 5.92 Å². The summed E-state index contributed by atoms with van der Waals surface area (Å²) in [6, 6.07) is 7.77. The van der Waals surface area contributed by atoms with Crippen molar-refractivity contribution in [3.63, 3.8) is 0 Å². The van der Waals surface area contributed by atoms with E-state index < -0.39 is 10.0 Å². The standard InChI is InChI=1S/C20H28N4O2S/c1-15-8-11-22(12-9-15)14-23-17(3)20(16(2)21-23)27(25,26)24-13-10-18-6-4-5-7-19(18)24/h4-7,15H,8-14H2,1-3H3/p+1. The van der Waals surface area contributed by atoms with Crippen molar-refractivity contribution in [3.05, 3.63) is 41.2 Å². The molecule has 1 saturated heterocycles. The smallest absolute Gasteiger partial charge is 0.268 e. The highest BCUT2D eigenvalue weighted by molar-refractivity contribution is 7.93. The van der Waals surface area contributed by atoms with Crippen molar-refractivity contribution < 1.29 is 13.3 Å². The van der Waals surface area contributed by atoms with E-state index in [2.05, 4.69) is 12.0 Å². The number of nitrogens with zero attached hydrogens (tertiary/aromatic N) is 3. The summed E-state index contributed by atoms with van der Waals surface area (Å²) < 4.78 is 30.4. The lowest BCUT2D eigenvalue weighted by molar-refractivity contribution is -0.929. The van der Waals surface area contributed by atoms with Crippen LogP contribution in [0.2, 0.25) is 0 Å². The van der Waals surface area contributed by atoms with Crippen LogP contribution in [-0.2, 0) is 23.1 Å². The van der Waals surface area contributed by atoms with Gasteiger partial charge in [0.05, 0.1) is 30.2 Å². The van der Waals surface area contributed by atoms with E-state index in [0.29, 0.717) is 17.1 Å². The van der Waals surface area contributed by atoms with Gasteiger partial charge in [-0.25, -0.2) is 13.1 Å². The van der Waals surface area contributed by atoms with Crippen LogP contribution in [0.15, 0.2) is 29.2 Å².